The van der Waals surface area contributed by atoms with Crippen molar-refractivity contribution in [2.75, 3.05) is 7.11 Å². The van der Waals surface area contributed by atoms with E-state index in [1.807, 2.05) is 20.8 Å². The summed E-state index contributed by atoms with van der Waals surface area (Å²) in [5.74, 6) is -0.237. The Morgan fingerprint density at radius 2 is 2.13 bits per heavy atom. The Hall–Kier alpha value is -0.900. The van der Waals surface area contributed by atoms with E-state index in [4.69, 9.17) is 4.74 Å². The Bertz CT molecular complexity index is 369. The van der Waals surface area contributed by atoms with Crippen molar-refractivity contribution < 1.29 is 9.53 Å². The van der Waals surface area contributed by atoms with Crippen LogP contribution in [0.3, 0.4) is 0 Å². The van der Waals surface area contributed by atoms with Gasteiger partial charge in [0, 0.05) is 4.88 Å². The molecule has 1 aromatic heterocycles. The second-order valence-corrected chi connectivity index (χ2v) is 5.20. The first-order chi connectivity index (χ1) is 6.93. The lowest BCUT2D eigenvalue weighted by Gasteiger charge is -2.18. The van der Waals surface area contributed by atoms with Crippen LogP contribution in [0.15, 0.2) is 0 Å². The van der Waals surface area contributed by atoms with Crippen LogP contribution in [0, 0.1) is 6.92 Å². The molecule has 0 radical (unpaired) electrons. The molecular weight excluding hydrogens is 210 g/mol. The van der Waals surface area contributed by atoms with E-state index in [1.165, 1.54) is 12.0 Å². The maximum absolute atomic E-state index is 11.6. The van der Waals surface area contributed by atoms with Crippen molar-refractivity contribution in [1.82, 2.24) is 4.98 Å². The molecule has 1 rings (SSSR count). The van der Waals surface area contributed by atoms with Gasteiger partial charge in [0.15, 0.2) is 0 Å². The standard InChI is InChI=1S/C11H17NO2S/c1-6-8-7(2)15-9(12-8)11(3,4)10(13)14-5/h6H2,1-5H3. The zero-order valence-corrected chi connectivity index (χ0v) is 10.7. The number of rotatable bonds is 3. The molecule has 0 aromatic carbocycles. The summed E-state index contributed by atoms with van der Waals surface area (Å²) < 4.78 is 4.78. The lowest BCUT2D eigenvalue weighted by molar-refractivity contribution is -0.146. The van der Waals surface area contributed by atoms with Crippen LogP contribution in [0.5, 0.6) is 0 Å². The molecule has 0 aliphatic rings. The highest BCUT2D eigenvalue weighted by Gasteiger charge is 2.34. The summed E-state index contributed by atoms with van der Waals surface area (Å²) in [6.07, 6.45) is 0.902. The predicted molar refractivity (Wildman–Crippen MR) is 61.3 cm³/mol. The van der Waals surface area contributed by atoms with Crippen molar-refractivity contribution in [1.29, 1.82) is 0 Å². The minimum atomic E-state index is -0.641. The second-order valence-electron chi connectivity index (χ2n) is 3.99. The third-order valence-corrected chi connectivity index (χ3v) is 3.79. The van der Waals surface area contributed by atoms with E-state index in [0.717, 1.165) is 17.1 Å². The molecule has 0 aliphatic heterocycles. The van der Waals surface area contributed by atoms with Gasteiger partial charge in [-0.2, -0.15) is 0 Å². The average Bonchev–Trinajstić information content (AvgIpc) is 2.58. The van der Waals surface area contributed by atoms with Crippen molar-refractivity contribution in [3.63, 3.8) is 0 Å². The molecule has 0 N–H and O–H groups in total. The third-order valence-electron chi connectivity index (χ3n) is 2.46. The first kappa shape index (κ1) is 12.2. The maximum Gasteiger partial charge on any atom is 0.318 e. The Morgan fingerprint density at radius 1 is 1.53 bits per heavy atom. The van der Waals surface area contributed by atoms with Gasteiger partial charge in [0.2, 0.25) is 0 Å². The lowest BCUT2D eigenvalue weighted by atomic mass is 9.95. The predicted octanol–water partition coefficient (Wildman–Crippen LogP) is 2.46. The van der Waals surface area contributed by atoms with Crippen molar-refractivity contribution in [2.45, 2.75) is 39.5 Å². The van der Waals surface area contributed by atoms with Gasteiger partial charge < -0.3 is 4.74 Å². The third kappa shape index (κ3) is 2.20. The quantitative estimate of drug-likeness (QED) is 0.745. The number of hydrogen-bond donors (Lipinski definition) is 0. The van der Waals surface area contributed by atoms with Gasteiger partial charge in [-0.05, 0) is 27.2 Å². The van der Waals surface area contributed by atoms with Crippen LogP contribution < -0.4 is 0 Å². The van der Waals surface area contributed by atoms with Gasteiger partial charge >= 0.3 is 5.97 Å². The van der Waals surface area contributed by atoms with Crippen LogP contribution in [0.2, 0.25) is 0 Å². The summed E-state index contributed by atoms with van der Waals surface area (Å²) >= 11 is 1.58. The molecule has 1 aromatic rings. The minimum absolute atomic E-state index is 0.237. The topological polar surface area (TPSA) is 39.2 Å². The summed E-state index contributed by atoms with van der Waals surface area (Å²) in [4.78, 5) is 17.3. The van der Waals surface area contributed by atoms with Gasteiger partial charge in [-0.25, -0.2) is 4.98 Å². The van der Waals surface area contributed by atoms with Crippen LogP contribution >= 0.6 is 11.3 Å². The van der Waals surface area contributed by atoms with E-state index in [1.54, 1.807) is 11.3 Å². The van der Waals surface area contributed by atoms with Crippen molar-refractivity contribution in [2.24, 2.45) is 0 Å². The van der Waals surface area contributed by atoms with Crippen molar-refractivity contribution in [3.8, 4) is 0 Å². The van der Waals surface area contributed by atoms with E-state index in [-0.39, 0.29) is 5.97 Å². The fraction of sp³-hybridized carbons (Fsp3) is 0.636. The van der Waals surface area contributed by atoms with E-state index in [9.17, 15) is 4.79 Å². The molecule has 1 heterocycles. The highest BCUT2D eigenvalue weighted by molar-refractivity contribution is 7.12. The van der Waals surface area contributed by atoms with Gasteiger partial charge in [0.1, 0.15) is 10.4 Å². The Kier molecular flexibility index (Phi) is 3.50. The van der Waals surface area contributed by atoms with E-state index >= 15 is 0 Å². The Morgan fingerprint density at radius 3 is 2.53 bits per heavy atom. The number of nitrogens with zero attached hydrogens (tertiary/aromatic N) is 1. The molecule has 4 heteroatoms. The molecule has 0 saturated carbocycles. The summed E-state index contributed by atoms with van der Waals surface area (Å²) in [5.41, 5.74) is 0.435. The lowest BCUT2D eigenvalue weighted by Crippen LogP contribution is -2.30. The number of carbonyl (C=O) groups excluding carboxylic acids is 1. The highest BCUT2D eigenvalue weighted by atomic mass is 32.1. The number of hydrogen-bond acceptors (Lipinski definition) is 4. The number of aromatic nitrogens is 1. The molecule has 0 aliphatic carbocycles. The second kappa shape index (κ2) is 4.31. The summed E-state index contributed by atoms with van der Waals surface area (Å²) in [5, 5.41) is 0.837. The van der Waals surface area contributed by atoms with Gasteiger partial charge in [-0.15, -0.1) is 11.3 Å². The van der Waals surface area contributed by atoms with Gasteiger partial charge in [0.25, 0.3) is 0 Å². The van der Waals surface area contributed by atoms with Crippen LogP contribution in [0.4, 0.5) is 0 Å². The normalized spacial score (nSPS) is 11.5. The molecule has 0 amide bonds. The van der Waals surface area contributed by atoms with E-state index in [2.05, 4.69) is 11.9 Å². The number of ether oxygens (including phenoxy) is 1. The summed E-state index contributed by atoms with van der Waals surface area (Å²) in [6, 6.07) is 0. The molecular formula is C11H17NO2S. The fourth-order valence-corrected chi connectivity index (χ4v) is 2.46. The Labute approximate surface area is 94.5 Å². The number of thiazole rings is 1. The number of esters is 1. The molecule has 84 valence electrons. The van der Waals surface area contributed by atoms with Gasteiger partial charge in [0.05, 0.1) is 12.8 Å². The molecule has 0 atom stereocenters. The van der Waals surface area contributed by atoms with Crippen LogP contribution in [0.1, 0.15) is 36.3 Å². The van der Waals surface area contributed by atoms with Crippen molar-refractivity contribution >= 4 is 17.3 Å². The molecule has 0 saturated heterocycles. The Balaban J connectivity index is 3.10. The molecule has 0 unspecified atom stereocenters. The fourth-order valence-electron chi connectivity index (χ4n) is 1.37. The number of carbonyl (C=O) groups is 1. The van der Waals surface area contributed by atoms with Gasteiger partial charge in [-0.3, -0.25) is 4.79 Å². The SMILES string of the molecule is CCc1nc(C(C)(C)C(=O)OC)sc1C. The average molecular weight is 227 g/mol. The first-order valence-electron chi connectivity index (χ1n) is 4.98. The largest absolute Gasteiger partial charge is 0.468 e. The van der Waals surface area contributed by atoms with Crippen molar-refractivity contribution in [3.05, 3.63) is 15.6 Å². The number of methoxy groups -OCH3 is 1. The number of aryl methyl sites for hydroxylation is 2. The smallest absolute Gasteiger partial charge is 0.318 e. The zero-order valence-electron chi connectivity index (χ0n) is 9.88. The summed E-state index contributed by atoms with van der Waals surface area (Å²) in [7, 11) is 1.41. The monoisotopic (exact) mass is 227 g/mol. The molecule has 0 bridgehead atoms. The molecule has 0 spiro atoms. The molecule has 15 heavy (non-hydrogen) atoms. The van der Waals surface area contributed by atoms with Gasteiger partial charge in [-0.1, -0.05) is 6.92 Å². The van der Waals surface area contributed by atoms with Crippen LogP contribution in [-0.2, 0) is 21.4 Å². The molecule has 3 nitrogen and oxygen atoms in total. The van der Waals surface area contributed by atoms with Crippen LogP contribution in [0.25, 0.3) is 0 Å². The summed E-state index contributed by atoms with van der Waals surface area (Å²) in [6.45, 7) is 7.79. The highest BCUT2D eigenvalue weighted by Crippen LogP contribution is 2.30. The maximum atomic E-state index is 11.6. The van der Waals surface area contributed by atoms with Crippen LogP contribution in [-0.4, -0.2) is 18.1 Å². The first-order valence-corrected chi connectivity index (χ1v) is 5.80. The zero-order chi connectivity index (χ0) is 11.6. The van der Waals surface area contributed by atoms with E-state index in [0.29, 0.717) is 0 Å². The van der Waals surface area contributed by atoms with E-state index < -0.39 is 5.41 Å². The molecule has 0 fully saturated rings. The minimum Gasteiger partial charge on any atom is -0.468 e.